The van der Waals surface area contributed by atoms with Crippen molar-refractivity contribution in [1.29, 1.82) is 0 Å². The number of halogens is 2. The maximum absolute atomic E-state index is 14.1. The quantitative estimate of drug-likeness (QED) is 0.667. The van der Waals surface area contributed by atoms with Gasteiger partial charge in [-0.1, -0.05) is 24.6 Å². The summed E-state index contributed by atoms with van der Waals surface area (Å²) in [5.41, 5.74) is -0.807. The summed E-state index contributed by atoms with van der Waals surface area (Å²) in [6.07, 6.45) is 3.42. The number of carbonyl (C=O) groups is 2. The molecule has 0 N–H and O–H groups in total. The van der Waals surface area contributed by atoms with Crippen LogP contribution in [0, 0.1) is 5.92 Å². The van der Waals surface area contributed by atoms with E-state index in [0.29, 0.717) is 32.0 Å². The van der Waals surface area contributed by atoms with Crippen molar-refractivity contribution in [2.24, 2.45) is 5.92 Å². The minimum atomic E-state index is -3.10. The predicted octanol–water partition coefficient (Wildman–Crippen LogP) is 5.05. The lowest BCUT2D eigenvalue weighted by atomic mass is 9.84. The van der Waals surface area contributed by atoms with Gasteiger partial charge in [0.15, 0.2) is 0 Å². The largest absolute Gasteiger partial charge is 0.444 e. The van der Waals surface area contributed by atoms with Crippen LogP contribution >= 0.6 is 0 Å². The normalized spacial score (nSPS) is 20.1. The second-order valence-corrected chi connectivity index (χ2v) is 9.56. The standard InChI is InChI=1S/C23H32F2N2O3/c1-22(2,3)30-21(29)26-13-12-17(15-26)27(14-16-8-7-9-16)20(28)18-10-5-6-11-19(18)23(4,24)25/h5-6,10-11,16-17H,7-9,12-15H2,1-4H3/t17-/m0/s1. The summed E-state index contributed by atoms with van der Waals surface area (Å²) in [5, 5.41) is 0. The molecule has 1 saturated heterocycles. The van der Waals surface area contributed by atoms with Gasteiger partial charge in [0.2, 0.25) is 0 Å². The molecule has 166 valence electrons. The van der Waals surface area contributed by atoms with Crippen LogP contribution in [-0.4, -0.2) is 53.1 Å². The lowest BCUT2D eigenvalue weighted by Crippen LogP contribution is -2.47. The fourth-order valence-corrected chi connectivity index (χ4v) is 4.05. The van der Waals surface area contributed by atoms with Crippen LogP contribution in [0.5, 0.6) is 0 Å². The second-order valence-electron chi connectivity index (χ2n) is 9.56. The summed E-state index contributed by atoms with van der Waals surface area (Å²) < 4.78 is 33.7. The molecule has 0 spiro atoms. The Bertz CT molecular complexity index is 781. The fourth-order valence-electron chi connectivity index (χ4n) is 4.05. The third kappa shape index (κ3) is 5.29. The number of ether oxygens (including phenoxy) is 1. The van der Waals surface area contributed by atoms with E-state index in [-0.39, 0.29) is 23.1 Å². The summed E-state index contributed by atoms with van der Waals surface area (Å²) in [5.74, 6) is -3.10. The highest BCUT2D eigenvalue weighted by Gasteiger charge is 2.39. The first-order chi connectivity index (χ1) is 14.0. The molecule has 7 heteroatoms. The Morgan fingerprint density at radius 2 is 1.80 bits per heavy atom. The first-order valence-corrected chi connectivity index (χ1v) is 10.7. The van der Waals surface area contributed by atoms with E-state index in [1.54, 1.807) is 15.9 Å². The maximum Gasteiger partial charge on any atom is 0.410 e. The van der Waals surface area contributed by atoms with Gasteiger partial charge in [0.1, 0.15) is 5.60 Å². The Hall–Kier alpha value is -2.18. The zero-order valence-electron chi connectivity index (χ0n) is 18.3. The van der Waals surface area contributed by atoms with Gasteiger partial charge in [0.05, 0.1) is 6.04 Å². The van der Waals surface area contributed by atoms with Crippen LogP contribution in [0.25, 0.3) is 0 Å². The fraction of sp³-hybridized carbons (Fsp3) is 0.652. The van der Waals surface area contributed by atoms with Crippen molar-refractivity contribution < 1.29 is 23.1 Å². The zero-order chi connectivity index (χ0) is 22.1. The van der Waals surface area contributed by atoms with Gasteiger partial charge >= 0.3 is 6.09 Å². The number of nitrogens with zero attached hydrogens (tertiary/aromatic N) is 2. The van der Waals surface area contributed by atoms with Crippen molar-refractivity contribution in [2.75, 3.05) is 19.6 Å². The molecule has 1 saturated carbocycles. The molecule has 1 aliphatic carbocycles. The lowest BCUT2D eigenvalue weighted by Gasteiger charge is -2.36. The number of rotatable bonds is 5. The molecule has 3 rings (SSSR count). The Morgan fingerprint density at radius 1 is 1.13 bits per heavy atom. The molecule has 2 amide bonds. The first kappa shape index (κ1) is 22.5. The van der Waals surface area contributed by atoms with Crippen LogP contribution in [0.4, 0.5) is 13.6 Å². The van der Waals surface area contributed by atoms with Gasteiger partial charge in [-0.05, 0) is 52.0 Å². The van der Waals surface area contributed by atoms with Gasteiger partial charge in [0.25, 0.3) is 11.8 Å². The average Bonchev–Trinajstić information content (AvgIpc) is 3.08. The third-order valence-corrected chi connectivity index (χ3v) is 5.83. The predicted molar refractivity (Wildman–Crippen MR) is 111 cm³/mol. The van der Waals surface area contributed by atoms with Crippen molar-refractivity contribution in [1.82, 2.24) is 9.80 Å². The summed E-state index contributed by atoms with van der Waals surface area (Å²) in [4.78, 5) is 29.2. The minimum absolute atomic E-state index is 0.0417. The highest BCUT2D eigenvalue weighted by Crippen LogP contribution is 2.33. The molecule has 1 heterocycles. The number of carbonyl (C=O) groups excluding carboxylic acids is 2. The van der Waals surface area contributed by atoms with E-state index in [1.165, 1.54) is 18.2 Å². The highest BCUT2D eigenvalue weighted by molar-refractivity contribution is 5.96. The van der Waals surface area contributed by atoms with Gasteiger partial charge in [0, 0.05) is 37.7 Å². The molecular formula is C23H32F2N2O3. The van der Waals surface area contributed by atoms with Gasteiger partial charge in [-0.3, -0.25) is 4.79 Å². The van der Waals surface area contributed by atoms with E-state index in [9.17, 15) is 18.4 Å². The Morgan fingerprint density at radius 3 is 2.37 bits per heavy atom. The molecule has 2 aliphatic rings. The van der Waals surface area contributed by atoms with Crippen LogP contribution in [0.15, 0.2) is 24.3 Å². The van der Waals surface area contributed by atoms with E-state index in [4.69, 9.17) is 4.74 Å². The van der Waals surface area contributed by atoms with E-state index in [1.807, 2.05) is 20.8 Å². The van der Waals surface area contributed by atoms with E-state index < -0.39 is 17.6 Å². The van der Waals surface area contributed by atoms with Gasteiger partial charge in [-0.25, -0.2) is 13.6 Å². The van der Waals surface area contributed by atoms with Crippen LogP contribution < -0.4 is 0 Å². The first-order valence-electron chi connectivity index (χ1n) is 10.7. The van der Waals surface area contributed by atoms with Crippen LogP contribution in [0.2, 0.25) is 0 Å². The summed E-state index contributed by atoms with van der Waals surface area (Å²) in [6, 6.07) is 5.73. The number of hydrogen-bond donors (Lipinski definition) is 0. The smallest absolute Gasteiger partial charge is 0.410 e. The molecule has 1 aromatic rings. The third-order valence-electron chi connectivity index (χ3n) is 5.83. The maximum atomic E-state index is 14.1. The van der Waals surface area contributed by atoms with Gasteiger partial charge in [-0.2, -0.15) is 0 Å². The Balaban J connectivity index is 1.81. The number of hydrogen-bond acceptors (Lipinski definition) is 3. The van der Waals surface area contributed by atoms with E-state index >= 15 is 0 Å². The van der Waals surface area contributed by atoms with Crippen LogP contribution in [-0.2, 0) is 10.7 Å². The minimum Gasteiger partial charge on any atom is -0.444 e. The average molecular weight is 423 g/mol. The van der Waals surface area contributed by atoms with Crippen molar-refractivity contribution in [3.05, 3.63) is 35.4 Å². The monoisotopic (exact) mass is 422 g/mol. The summed E-state index contributed by atoms with van der Waals surface area (Å²) >= 11 is 0. The molecule has 1 aliphatic heterocycles. The second kappa shape index (κ2) is 8.52. The van der Waals surface area contributed by atoms with Crippen LogP contribution in [0.3, 0.4) is 0 Å². The molecule has 0 radical (unpaired) electrons. The lowest BCUT2D eigenvalue weighted by molar-refractivity contribution is 0.0151. The molecule has 0 unspecified atom stereocenters. The SMILES string of the molecule is CC(C)(C)OC(=O)N1CC[C@H](N(CC2CCC2)C(=O)c2ccccc2C(C)(F)F)C1. The van der Waals surface area contributed by atoms with E-state index in [2.05, 4.69) is 0 Å². The van der Waals surface area contributed by atoms with Gasteiger partial charge < -0.3 is 14.5 Å². The van der Waals surface area contributed by atoms with Crippen LogP contribution in [0.1, 0.15) is 69.3 Å². The molecule has 5 nitrogen and oxygen atoms in total. The number of likely N-dealkylation sites (tertiary alicyclic amines) is 1. The van der Waals surface area contributed by atoms with Gasteiger partial charge in [-0.15, -0.1) is 0 Å². The number of benzene rings is 1. The molecule has 0 bridgehead atoms. The molecule has 1 atom stereocenters. The van der Waals surface area contributed by atoms with Crippen molar-refractivity contribution in [3.63, 3.8) is 0 Å². The molecular weight excluding hydrogens is 390 g/mol. The number of amides is 2. The Kier molecular flexibility index (Phi) is 6.39. The highest BCUT2D eigenvalue weighted by atomic mass is 19.3. The van der Waals surface area contributed by atoms with Crippen molar-refractivity contribution in [2.45, 2.75) is 70.9 Å². The molecule has 30 heavy (non-hydrogen) atoms. The topological polar surface area (TPSA) is 49.9 Å². The molecule has 1 aromatic carbocycles. The summed E-state index contributed by atoms with van der Waals surface area (Å²) in [6.45, 7) is 7.63. The zero-order valence-corrected chi connectivity index (χ0v) is 18.3. The van der Waals surface area contributed by atoms with Crippen molar-refractivity contribution in [3.8, 4) is 0 Å². The molecule has 0 aromatic heterocycles. The summed E-state index contributed by atoms with van der Waals surface area (Å²) in [7, 11) is 0. The molecule has 2 fully saturated rings. The van der Waals surface area contributed by atoms with Crippen molar-refractivity contribution >= 4 is 12.0 Å². The Labute approximate surface area is 177 Å². The van der Waals surface area contributed by atoms with E-state index in [0.717, 1.165) is 26.2 Å². The number of alkyl halides is 2.